The van der Waals surface area contributed by atoms with Crippen molar-refractivity contribution in [3.8, 4) is 0 Å². The van der Waals surface area contributed by atoms with Gasteiger partial charge in [0.1, 0.15) is 0 Å². The number of nitro groups is 2. The first-order chi connectivity index (χ1) is 14.5. The predicted octanol–water partition coefficient (Wildman–Crippen LogP) is 1.95. The molecule has 2 aromatic rings. The SMILES string of the molecule is COC(=O)c1cc(C(=O)O)cc([N+](=O)[O-])c1.COC(=O)c1cc(CO)cc([N+](=O)[O-])c1. The average molecular weight is 436 g/mol. The van der Waals surface area contributed by atoms with E-state index in [1.165, 1.54) is 19.2 Å². The maximum atomic E-state index is 11.1. The third kappa shape index (κ3) is 6.86. The van der Waals surface area contributed by atoms with E-state index in [0.29, 0.717) is 5.56 Å². The molecule has 0 radical (unpaired) electrons. The van der Waals surface area contributed by atoms with Crippen molar-refractivity contribution >= 4 is 29.3 Å². The summed E-state index contributed by atoms with van der Waals surface area (Å²) in [5.41, 5.74) is -0.883. The fourth-order valence-electron chi connectivity index (χ4n) is 2.18. The van der Waals surface area contributed by atoms with Crippen LogP contribution in [0.1, 0.15) is 36.6 Å². The van der Waals surface area contributed by atoms with Crippen LogP contribution < -0.4 is 0 Å². The third-order valence-corrected chi connectivity index (χ3v) is 3.59. The number of non-ortho nitro benzene ring substituents is 2. The molecular weight excluding hydrogens is 420 g/mol. The lowest BCUT2D eigenvalue weighted by Gasteiger charge is -2.02. The van der Waals surface area contributed by atoms with Gasteiger partial charge in [0.2, 0.25) is 0 Å². The minimum absolute atomic E-state index is 0.0516. The monoisotopic (exact) mass is 436 g/mol. The number of methoxy groups -OCH3 is 2. The van der Waals surface area contributed by atoms with Crippen molar-refractivity contribution in [3.05, 3.63) is 78.9 Å². The minimum atomic E-state index is -1.35. The van der Waals surface area contributed by atoms with Crippen molar-refractivity contribution in [2.75, 3.05) is 14.2 Å². The van der Waals surface area contributed by atoms with Crippen LogP contribution in [0.2, 0.25) is 0 Å². The number of aromatic carboxylic acids is 1. The quantitative estimate of drug-likeness (QED) is 0.381. The summed E-state index contributed by atoms with van der Waals surface area (Å²) in [4.78, 5) is 52.5. The van der Waals surface area contributed by atoms with Crippen LogP contribution in [0.15, 0.2) is 36.4 Å². The maximum absolute atomic E-state index is 11.1. The van der Waals surface area contributed by atoms with Gasteiger partial charge in [-0.25, -0.2) is 14.4 Å². The smallest absolute Gasteiger partial charge is 0.338 e. The van der Waals surface area contributed by atoms with Crippen LogP contribution in [-0.2, 0) is 16.1 Å². The number of benzene rings is 2. The van der Waals surface area contributed by atoms with Gasteiger partial charge in [-0.2, -0.15) is 0 Å². The van der Waals surface area contributed by atoms with Gasteiger partial charge in [-0.3, -0.25) is 20.2 Å². The molecule has 0 saturated heterocycles. The number of ether oxygens (including phenoxy) is 2. The number of carboxylic acid groups (broad SMARTS) is 1. The van der Waals surface area contributed by atoms with Crippen molar-refractivity contribution in [1.29, 1.82) is 0 Å². The largest absolute Gasteiger partial charge is 0.478 e. The highest BCUT2D eigenvalue weighted by Crippen LogP contribution is 2.19. The van der Waals surface area contributed by atoms with Gasteiger partial charge < -0.3 is 19.7 Å². The zero-order valence-electron chi connectivity index (χ0n) is 16.1. The summed E-state index contributed by atoms with van der Waals surface area (Å²) < 4.78 is 8.78. The zero-order valence-corrected chi connectivity index (χ0v) is 16.1. The summed E-state index contributed by atoms with van der Waals surface area (Å²) in [6.07, 6.45) is 0. The van der Waals surface area contributed by atoms with Crippen molar-refractivity contribution in [1.82, 2.24) is 0 Å². The number of esters is 2. The predicted molar refractivity (Wildman–Crippen MR) is 102 cm³/mol. The van der Waals surface area contributed by atoms with Gasteiger partial charge in [-0.1, -0.05) is 0 Å². The second-order valence-electron chi connectivity index (χ2n) is 5.62. The Kier molecular flexibility index (Phi) is 8.72. The van der Waals surface area contributed by atoms with Crippen molar-refractivity contribution in [2.45, 2.75) is 6.61 Å². The number of aliphatic hydroxyl groups is 1. The third-order valence-electron chi connectivity index (χ3n) is 3.59. The Labute approximate surface area is 173 Å². The van der Waals surface area contributed by atoms with E-state index in [1.54, 1.807) is 0 Å². The summed E-state index contributed by atoms with van der Waals surface area (Å²) in [7, 11) is 2.28. The number of rotatable bonds is 6. The summed E-state index contributed by atoms with van der Waals surface area (Å²) >= 11 is 0. The lowest BCUT2D eigenvalue weighted by Crippen LogP contribution is -2.06. The highest BCUT2D eigenvalue weighted by Gasteiger charge is 2.17. The number of carboxylic acids is 1. The second kappa shape index (κ2) is 11.0. The van der Waals surface area contributed by atoms with Gasteiger partial charge in [-0.15, -0.1) is 0 Å². The Morgan fingerprint density at radius 3 is 1.61 bits per heavy atom. The van der Waals surface area contributed by atoms with Gasteiger partial charge in [0, 0.05) is 24.3 Å². The highest BCUT2D eigenvalue weighted by molar-refractivity contribution is 5.95. The molecule has 0 spiro atoms. The Balaban J connectivity index is 0.000000311. The lowest BCUT2D eigenvalue weighted by molar-refractivity contribution is -0.385. The van der Waals surface area contributed by atoms with Crippen LogP contribution in [0.5, 0.6) is 0 Å². The molecule has 0 saturated carbocycles. The van der Waals surface area contributed by atoms with Gasteiger partial charge in [0.25, 0.3) is 11.4 Å². The van der Waals surface area contributed by atoms with Crippen LogP contribution >= 0.6 is 0 Å². The number of hydrogen-bond acceptors (Lipinski definition) is 10. The molecule has 31 heavy (non-hydrogen) atoms. The Hall–Kier alpha value is -4.39. The molecule has 0 amide bonds. The lowest BCUT2D eigenvalue weighted by atomic mass is 10.1. The summed E-state index contributed by atoms with van der Waals surface area (Å²) in [5, 5.41) is 38.5. The fraction of sp³-hybridized carbons (Fsp3) is 0.167. The van der Waals surface area contributed by atoms with E-state index < -0.39 is 33.4 Å². The molecule has 0 aliphatic rings. The number of hydrogen-bond donors (Lipinski definition) is 2. The first-order valence-corrected chi connectivity index (χ1v) is 8.12. The molecule has 13 nitrogen and oxygen atoms in total. The normalized spacial score (nSPS) is 9.65. The molecule has 0 bridgehead atoms. The standard InChI is InChI=1S/C9H7NO6.C9H9NO5/c1-16-9(13)6-2-5(8(11)12)3-7(4-6)10(14)15;1-15-9(12)7-2-6(5-11)3-8(4-7)10(13)14/h2-4H,1H3,(H,11,12);2-4,11H,5H2,1H3. The molecule has 0 atom stereocenters. The van der Waals surface area contributed by atoms with Crippen LogP contribution in [0, 0.1) is 20.2 Å². The number of nitro benzene ring substituents is 2. The molecule has 0 aliphatic carbocycles. The molecule has 13 heteroatoms. The second-order valence-corrected chi connectivity index (χ2v) is 5.62. The number of carbonyl (C=O) groups is 3. The zero-order chi connectivity index (χ0) is 23.7. The van der Waals surface area contributed by atoms with Crippen LogP contribution in [0.4, 0.5) is 11.4 Å². The number of aliphatic hydroxyl groups excluding tert-OH is 1. The summed E-state index contributed by atoms with van der Waals surface area (Å²) in [6, 6.07) is 6.49. The first kappa shape index (κ1) is 24.6. The van der Waals surface area contributed by atoms with Crippen LogP contribution in [-0.4, -0.2) is 52.2 Å². The Morgan fingerprint density at radius 2 is 1.23 bits per heavy atom. The average Bonchev–Trinajstić information content (AvgIpc) is 2.77. The molecule has 0 heterocycles. The first-order valence-electron chi connectivity index (χ1n) is 8.12. The van der Waals surface area contributed by atoms with E-state index in [9.17, 15) is 34.6 Å². The number of nitrogens with zero attached hydrogens (tertiary/aromatic N) is 2. The van der Waals surface area contributed by atoms with E-state index in [4.69, 9.17) is 10.2 Å². The van der Waals surface area contributed by atoms with Crippen molar-refractivity contribution < 1.29 is 43.9 Å². The van der Waals surface area contributed by atoms with Gasteiger partial charge in [-0.05, 0) is 17.7 Å². The topological polar surface area (TPSA) is 196 Å². The molecule has 2 rings (SSSR count). The Bertz CT molecular complexity index is 1000. The molecular formula is C18H16N2O11. The fourth-order valence-corrected chi connectivity index (χ4v) is 2.18. The van der Waals surface area contributed by atoms with Crippen molar-refractivity contribution in [2.24, 2.45) is 0 Å². The van der Waals surface area contributed by atoms with E-state index in [2.05, 4.69) is 9.47 Å². The summed E-state index contributed by atoms with van der Waals surface area (Å²) in [5.74, 6) is -2.85. The van der Waals surface area contributed by atoms with E-state index in [-0.39, 0.29) is 29.0 Å². The van der Waals surface area contributed by atoms with Gasteiger partial charge in [0.05, 0.1) is 47.4 Å². The Morgan fingerprint density at radius 1 is 0.806 bits per heavy atom. The van der Waals surface area contributed by atoms with Gasteiger partial charge >= 0.3 is 17.9 Å². The van der Waals surface area contributed by atoms with E-state index in [1.807, 2.05) is 0 Å². The van der Waals surface area contributed by atoms with Crippen LogP contribution in [0.3, 0.4) is 0 Å². The molecule has 0 aliphatic heterocycles. The summed E-state index contributed by atoms with van der Waals surface area (Å²) in [6.45, 7) is -0.369. The van der Waals surface area contributed by atoms with Gasteiger partial charge in [0.15, 0.2) is 0 Å². The maximum Gasteiger partial charge on any atom is 0.338 e. The van der Waals surface area contributed by atoms with E-state index >= 15 is 0 Å². The van der Waals surface area contributed by atoms with Crippen molar-refractivity contribution in [3.63, 3.8) is 0 Å². The highest BCUT2D eigenvalue weighted by atomic mass is 16.6. The molecule has 0 aromatic heterocycles. The molecule has 2 aromatic carbocycles. The molecule has 0 unspecified atom stereocenters. The molecule has 0 fully saturated rings. The molecule has 2 N–H and O–H groups in total. The van der Waals surface area contributed by atoms with E-state index in [0.717, 1.165) is 31.4 Å². The molecule has 164 valence electrons. The van der Waals surface area contributed by atoms with Crippen LogP contribution in [0.25, 0.3) is 0 Å². The minimum Gasteiger partial charge on any atom is -0.478 e. The number of carbonyl (C=O) groups excluding carboxylic acids is 2.